The van der Waals surface area contributed by atoms with Gasteiger partial charge < -0.3 is 14.8 Å². The number of thiophene rings is 1. The van der Waals surface area contributed by atoms with Gasteiger partial charge in [0, 0.05) is 33.9 Å². The monoisotopic (exact) mass is 404 g/mol. The van der Waals surface area contributed by atoms with Crippen molar-refractivity contribution in [3.63, 3.8) is 0 Å². The van der Waals surface area contributed by atoms with Crippen LogP contribution in [0.1, 0.15) is 38.6 Å². The molecule has 0 saturated carbocycles. The van der Waals surface area contributed by atoms with Crippen LogP contribution in [0.25, 0.3) is 0 Å². The van der Waals surface area contributed by atoms with E-state index in [1.54, 1.807) is 16.2 Å². The van der Waals surface area contributed by atoms with Gasteiger partial charge in [0.2, 0.25) is 0 Å². The molecule has 5 nitrogen and oxygen atoms in total. The standard InChI is InChI=1S/C16H25BrN2O3S/c1-11(14-7-12(17)10-23-14)18-8-13-9-21-6-5-19(13)15(20)22-16(2,3)4/h7,10-11,13,18H,5-6,8-9H2,1-4H3. The summed E-state index contributed by atoms with van der Waals surface area (Å²) in [6.45, 7) is 10.1. The molecule has 0 radical (unpaired) electrons. The van der Waals surface area contributed by atoms with Crippen molar-refractivity contribution in [2.75, 3.05) is 26.3 Å². The third kappa shape index (κ3) is 5.74. The van der Waals surface area contributed by atoms with Gasteiger partial charge in [-0.1, -0.05) is 0 Å². The molecule has 0 spiro atoms. The van der Waals surface area contributed by atoms with Crippen LogP contribution in [0.2, 0.25) is 0 Å². The first-order chi connectivity index (χ1) is 10.8. The average molecular weight is 405 g/mol. The Balaban J connectivity index is 1.92. The molecule has 1 fully saturated rings. The van der Waals surface area contributed by atoms with Crippen molar-refractivity contribution in [1.82, 2.24) is 10.2 Å². The fourth-order valence-corrected chi connectivity index (χ4v) is 3.83. The Morgan fingerprint density at radius 1 is 1.61 bits per heavy atom. The van der Waals surface area contributed by atoms with Crippen LogP contribution in [0.4, 0.5) is 4.79 Å². The number of hydrogen-bond donors (Lipinski definition) is 1. The summed E-state index contributed by atoms with van der Waals surface area (Å²) >= 11 is 5.19. The summed E-state index contributed by atoms with van der Waals surface area (Å²) < 4.78 is 12.1. The Labute approximate surface area is 150 Å². The van der Waals surface area contributed by atoms with Crippen molar-refractivity contribution in [3.05, 3.63) is 20.8 Å². The van der Waals surface area contributed by atoms with Crippen LogP contribution in [0.3, 0.4) is 0 Å². The molecule has 1 aliphatic heterocycles. The summed E-state index contributed by atoms with van der Waals surface area (Å²) in [6.07, 6.45) is -0.265. The maximum absolute atomic E-state index is 12.4. The number of nitrogens with one attached hydrogen (secondary N) is 1. The number of amides is 1. The fraction of sp³-hybridized carbons (Fsp3) is 0.688. The van der Waals surface area contributed by atoms with Crippen molar-refractivity contribution in [1.29, 1.82) is 0 Å². The van der Waals surface area contributed by atoms with Crippen molar-refractivity contribution in [2.24, 2.45) is 0 Å². The van der Waals surface area contributed by atoms with Gasteiger partial charge in [0.1, 0.15) is 5.60 Å². The molecule has 130 valence electrons. The first-order valence-corrected chi connectivity index (χ1v) is 9.48. The van der Waals surface area contributed by atoms with Crippen LogP contribution < -0.4 is 5.32 Å². The molecule has 0 aromatic carbocycles. The van der Waals surface area contributed by atoms with Crippen molar-refractivity contribution in [3.8, 4) is 0 Å². The summed E-state index contributed by atoms with van der Waals surface area (Å²) in [6, 6.07) is 2.34. The van der Waals surface area contributed by atoms with E-state index in [1.165, 1.54) is 4.88 Å². The van der Waals surface area contributed by atoms with Crippen LogP contribution in [-0.4, -0.2) is 48.9 Å². The van der Waals surface area contributed by atoms with Gasteiger partial charge in [-0.2, -0.15) is 0 Å². The highest BCUT2D eigenvalue weighted by molar-refractivity contribution is 9.10. The van der Waals surface area contributed by atoms with E-state index in [1.807, 2.05) is 20.8 Å². The molecule has 2 unspecified atom stereocenters. The topological polar surface area (TPSA) is 50.8 Å². The molecular formula is C16H25BrN2O3S. The lowest BCUT2D eigenvalue weighted by atomic mass is 10.2. The number of rotatable bonds is 4. The highest BCUT2D eigenvalue weighted by Crippen LogP contribution is 2.25. The minimum atomic E-state index is -0.482. The lowest BCUT2D eigenvalue weighted by molar-refractivity contribution is -0.0321. The molecule has 1 amide bonds. The molecule has 23 heavy (non-hydrogen) atoms. The number of ether oxygens (including phenoxy) is 2. The maximum atomic E-state index is 12.4. The predicted molar refractivity (Wildman–Crippen MR) is 96.0 cm³/mol. The number of morpholine rings is 1. The van der Waals surface area contributed by atoms with Gasteiger partial charge in [-0.25, -0.2) is 4.79 Å². The average Bonchev–Trinajstić information content (AvgIpc) is 2.90. The second-order valence-corrected chi connectivity index (χ2v) is 8.56. The first-order valence-electron chi connectivity index (χ1n) is 7.81. The third-order valence-corrected chi connectivity index (χ3v) is 5.41. The van der Waals surface area contributed by atoms with Crippen LogP contribution >= 0.6 is 27.3 Å². The van der Waals surface area contributed by atoms with E-state index in [9.17, 15) is 4.79 Å². The third-order valence-electron chi connectivity index (χ3n) is 3.53. The Hall–Kier alpha value is -0.630. The van der Waals surface area contributed by atoms with Gasteiger partial charge >= 0.3 is 6.09 Å². The molecule has 1 N–H and O–H groups in total. The van der Waals surface area contributed by atoms with Crippen LogP contribution in [0.15, 0.2) is 15.9 Å². The molecule has 0 aliphatic carbocycles. The number of halogens is 1. The van der Waals surface area contributed by atoms with E-state index in [0.717, 1.165) is 4.47 Å². The summed E-state index contributed by atoms with van der Waals surface area (Å²) in [5.41, 5.74) is -0.482. The lowest BCUT2D eigenvalue weighted by Gasteiger charge is -2.37. The SMILES string of the molecule is CC(NCC1COCCN1C(=O)OC(C)(C)C)c1cc(Br)cs1. The van der Waals surface area contributed by atoms with Crippen molar-refractivity contribution >= 4 is 33.4 Å². The lowest BCUT2D eigenvalue weighted by Crippen LogP contribution is -2.54. The summed E-state index contributed by atoms with van der Waals surface area (Å²) in [4.78, 5) is 15.4. The van der Waals surface area contributed by atoms with Gasteiger partial charge in [0.05, 0.1) is 19.3 Å². The zero-order valence-corrected chi connectivity index (χ0v) is 16.5. The van der Waals surface area contributed by atoms with E-state index in [0.29, 0.717) is 26.3 Å². The summed E-state index contributed by atoms with van der Waals surface area (Å²) in [7, 11) is 0. The van der Waals surface area contributed by atoms with E-state index in [-0.39, 0.29) is 18.2 Å². The molecule has 1 aliphatic rings. The molecule has 1 saturated heterocycles. The second kappa shape index (κ2) is 7.96. The van der Waals surface area contributed by atoms with Crippen LogP contribution in [-0.2, 0) is 9.47 Å². The second-order valence-electron chi connectivity index (χ2n) is 6.70. The predicted octanol–water partition coefficient (Wildman–Crippen LogP) is 3.80. The van der Waals surface area contributed by atoms with Crippen LogP contribution in [0, 0.1) is 0 Å². The zero-order chi connectivity index (χ0) is 17.0. The minimum Gasteiger partial charge on any atom is -0.444 e. The van der Waals surface area contributed by atoms with Gasteiger partial charge in [0.25, 0.3) is 0 Å². The van der Waals surface area contributed by atoms with Crippen LogP contribution in [0.5, 0.6) is 0 Å². The molecule has 1 aromatic rings. The maximum Gasteiger partial charge on any atom is 0.410 e. The first kappa shape index (κ1) is 18.7. The van der Waals surface area contributed by atoms with Gasteiger partial charge in [0.15, 0.2) is 0 Å². The summed E-state index contributed by atoms with van der Waals surface area (Å²) in [5, 5.41) is 5.56. The number of hydrogen-bond acceptors (Lipinski definition) is 5. The largest absolute Gasteiger partial charge is 0.444 e. The smallest absolute Gasteiger partial charge is 0.410 e. The number of carbonyl (C=O) groups excluding carboxylic acids is 1. The highest BCUT2D eigenvalue weighted by Gasteiger charge is 2.31. The van der Waals surface area contributed by atoms with Crippen molar-refractivity contribution in [2.45, 2.75) is 45.4 Å². The number of carbonyl (C=O) groups is 1. The van der Waals surface area contributed by atoms with E-state index >= 15 is 0 Å². The van der Waals surface area contributed by atoms with E-state index in [4.69, 9.17) is 9.47 Å². The van der Waals surface area contributed by atoms with E-state index in [2.05, 4.69) is 39.6 Å². The molecule has 1 aromatic heterocycles. The van der Waals surface area contributed by atoms with Gasteiger partial charge in [-0.15, -0.1) is 11.3 Å². The minimum absolute atomic E-state index is 0.00977. The van der Waals surface area contributed by atoms with Crippen molar-refractivity contribution < 1.29 is 14.3 Å². The van der Waals surface area contributed by atoms with E-state index < -0.39 is 5.60 Å². The fourth-order valence-electron chi connectivity index (χ4n) is 2.35. The highest BCUT2D eigenvalue weighted by atomic mass is 79.9. The quantitative estimate of drug-likeness (QED) is 0.828. The zero-order valence-electron chi connectivity index (χ0n) is 14.1. The molecule has 2 heterocycles. The van der Waals surface area contributed by atoms with Gasteiger partial charge in [-0.05, 0) is 49.7 Å². The number of nitrogens with zero attached hydrogens (tertiary/aromatic N) is 1. The molecule has 7 heteroatoms. The summed E-state index contributed by atoms with van der Waals surface area (Å²) in [5.74, 6) is 0. The molecular weight excluding hydrogens is 380 g/mol. The Kier molecular flexibility index (Phi) is 6.48. The Bertz CT molecular complexity index is 530. The molecule has 2 atom stereocenters. The molecule has 0 bridgehead atoms. The molecule has 2 rings (SSSR count). The Morgan fingerprint density at radius 3 is 2.96 bits per heavy atom. The van der Waals surface area contributed by atoms with Gasteiger partial charge in [-0.3, -0.25) is 4.90 Å². The normalized spacial score (nSPS) is 20.4. The Morgan fingerprint density at radius 2 is 2.35 bits per heavy atom.